The lowest BCUT2D eigenvalue weighted by atomic mass is 10.2. The highest BCUT2D eigenvalue weighted by Crippen LogP contribution is 2.23. The molecule has 2 rings (SSSR count). The molecular weight excluding hydrogens is 378 g/mol. The van der Waals surface area contributed by atoms with Gasteiger partial charge in [-0.3, -0.25) is 4.90 Å². The van der Waals surface area contributed by atoms with Crippen LogP contribution in [0.15, 0.2) is 0 Å². The molecule has 0 amide bonds. The maximum atomic E-state index is 13.0. The molecular formula is C16H33N3O5S2. The van der Waals surface area contributed by atoms with Crippen LogP contribution in [0.25, 0.3) is 0 Å². The van der Waals surface area contributed by atoms with Crippen LogP contribution >= 0.6 is 0 Å². The largest absolute Gasteiger partial charge is 0.379 e. The van der Waals surface area contributed by atoms with Gasteiger partial charge in [-0.1, -0.05) is 13.3 Å². The highest BCUT2D eigenvalue weighted by Gasteiger charge is 2.39. The van der Waals surface area contributed by atoms with Gasteiger partial charge in [-0.25, -0.2) is 8.42 Å². The monoisotopic (exact) mass is 411 g/mol. The summed E-state index contributed by atoms with van der Waals surface area (Å²) in [6.07, 6.45) is 2.78. The summed E-state index contributed by atoms with van der Waals surface area (Å²) in [6.45, 7) is 6.78. The molecule has 2 fully saturated rings. The van der Waals surface area contributed by atoms with E-state index >= 15 is 0 Å². The predicted octanol–water partition coefficient (Wildman–Crippen LogP) is 0.175. The summed E-state index contributed by atoms with van der Waals surface area (Å²) < 4.78 is 58.0. The van der Waals surface area contributed by atoms with Gasteiger partial charge in [0.05, 0.1) is 24.7 Å². The molecule has 0 aliphatic carbocycles. The van der Waals surface area contributed by atoms with Crippen LogP contribution in [0, 0.1) is 0 Å². The number of sulfone groups is 1. The second kappa shape index (κ2) is 9.79. The van der Waals surface area contributed by atoms with Crippen molar-refractivity contribution in [2.75, 3.05) is 64.5 Å². The zero-order chi connectivity index (χ0) is 19.2. The van der Waals surface area contributed by atoms with E-state index < -0.39 is 26.1 Å². The van der Waals surface area contributed by atoms with E-state index in [2.05, 4.69) is 4.90 Å². The summed E-state index contributed by atoms with van der Waals surface area (Å²) in [4.78, 5) is 2.26. The van der Waals surface area contributed by atoms with Crippen molar-refractivity contribution in [3.8, 4) is 0 Å². The first kappa shape index (κ1) is 22.0. The van der Waals surface area contributed by atoms with Crippen LogP contribution in [0.3, 0.4) is 0 Å². The first-order valence-electron chi connectivity index (χ1n) is 9.50. The lowest BCUT2D eigenvalue weighted by Gasteiger charge is -2.32. The number of hydrogen-bond acceptors (Lipinski definition) is 6. The number of hydrogen-bond donors (Lipinski definition) is 0. The molecule has 0 aromatic rings. The quantitative estimate of drug-likeness (QED) is 0.509. The SMILES string of the molecule is CCCCN(C)S(=O)(=O)N(CCCN1CCOCC1)C1CCS(=O)(=O)C1. The van der Waals surface area contributed by atoms with Crippen molar-refractivity contribution < 1.29 is 21.6 Å². The second-order valence-electron chi connectivity index (χ2n) is 7.16. The van der Waals surface area contributed by atoms with Gasteiger partial charge in [0.1, 0.15) is 0 Å². The van der Waals surface area contributed by atoms with E-state index in [-0.39, 0.29) is 11.5 Å². The predicted molar refractivity (Wildman–Crippen MR) is 102 cm³/mol. The Morgan fingerprint density at radius 1 is 1.15 bits per heavy atom. The number of morpholine rings is 1. The van der Waals surface area contributed by atoms with E-state index in [1.807, 2.05) is 6.92 Å². The molecule has 0 N–H and O–H groups in total. The van der Waals surface area contributed by atoms with Gasteiger partial charge in [-0.05, 0) is 25.8 Å². The van der Waals surface area contributed by atoms with Crippen molar-refractivity contribution >= 4 is 20.0 Å². The molecule has 26 heavy (non-hydrogen) atoms. The number of rotatable bonds is 10. The summed E-state index contributed by atoms with van der Waals surface area (Å²) >= 11 is 0. The molecule has 0 aromatic carbocycles. The topological polar surface area (TPSA) is 87.2 Å². The Hall–Kier alpha value is -0.260. The van der Waals surface area contributed by atoms with E-state index in [1.54, 1.807) is 7.05 Å². The third-order valence-electron chi connectivity index (χ3n) is 5.09. The van der Waals surface area contributed by atoms with Crippen LogP contribution in [0.4, 0.5) is 0 Å². The molecule has 0 spiro atoms. The highest BCUT2D eigenvalue weighted by molar-refractivity contribution is 7.91. The minimum Gasteiger partial charge on any atom is -0.379 e. The summed E-state index contributed by atoms with van der Waals surface area (Å²) in [5.41, 5.74) is 0. The van der Waals surface area contributed by atoms with Gasteiger partial charge in [0, 0.05) is 39.3 Å². The van der Waals surface area contributed by atoms with Gasteiger partial charge in [-0.2, -0.15) is 17.0 Å². The van der Waals surface area contributed by atoms with E-state index in [0.29, 0.717) is 39.1 Å². The van der Waals surface area contributed by atoms with Crippen molar-refractivity contribution in [3.05, 3.63) is 0 Å². The average Bonchev–Trinajstić information content (AvgIpc) is 2.96. The first-order valence-corrected chi connectivity index (χ1v) is 12.7. The van der Waals surface area contributed by atoms with Gasteiger partial charge in [0.25, 0.3) is 10.2 Å². The smallest absolute Gasteiger partial charge is 0.282 e. The van der Waals surface area contributed by atoms with E-state index in [9.17, 15) is 16.8 Å². The van der Waals surface area contributed by atoms with Gasteiger partial charge >= 0.3 is 0 Å². The highest BCUT2D eigenvalue weighted by atomic mass is 32.2. The molecule has 10 heteroatoms. The molecule has 0 saturated carbocycles. The molecule has 2 heterocycles. The normalized spacial score (nSPS) is 24.5. The van der Waals surface area contributed by atoms with Gasteiger partial charge < -0.3 is 4.74 Å². The molecule has 2 aliphatic rings. The zero-order valence-electron chi connectivity index (χ0n) is 16.0. The fraction of sp³-hybridized carbons (Fsp3) is 1.00. The Balaban J connectivity index is 2.03. The first-order chi connectivity index (χ1) is 12.3. The number of unbranched alkanes of at least 4 members (excludes halogenated alkanes) is 1. The maximum Gasteiger partial charge on any atom is 0.282 e. The van der Waals surface area contributed by atoms with Crippen LogP contribution in [0.1, 0.15) is 32.6 Å². The number of nitrogens with zero attached hydrogens (tertiary/aromatic N) is 3. The molecule has 8 nitrogen and oxygen atoms in total. The van der Waals surface area contributed by atoms with Crippen LogP contribution in [-0.2, 0) is 24.8 Å². The van der Waals surface area contributed by atoms with Crippen LogP contribution in [0.5, 0.6) is 0 Å². The summed E-state index contributed by atoms with van der Waals surface area (Å²) in [6, 6.07) is -0.446. The fourth-order valence-corrected chi connectivity index (χ4v) is 6.90. The Morgan fingerprint density at radius 3 is 2.42 bits per heavy atom. The van der Waals surface area contributed by atoms with Crippen molar-refractivity contribution in [2.45, 2.75) is 38.6 Å². The second-order valence-corrected chi connectivity index (χ2v) is 11.4. The summed E-state index contributed by atoms with van der Waals surface area (Å²) in [5, 5.41) is 0. The Kier molecular flexibility index (Phi) is 8.30. The third kappa shape index (κ3) is 6.13. The number of ether oxygens (including phenoxy) is 1. The van der Waals surface area contributed by atoms with Crippen molar-refractivity contribution in [1.29, 1.82) is 0 Å². The van der Waals surface area contributed by atoms with Crippen molar-refractivity contribution in [1.82, 2.24) is 13.5 Å². The van der Waals surface area contributed by atoms with E-state index in [4.69, 9.17) is 4.74 Å². The minimum absolute atomic E-state index is 0.0641. The molecule has 1 unspecified atom stereocenters. The van der Waals surface area contributed by atoms with Crippen molar-refractivity contribution in [3.63, 3.8) is 0 Å². The molecule has 2 aliphatic heterocycles. The van der Waals surface area contributed by atoms with Gasteiger partial charge in [0.15, 0.2) is 9.84 Å². The molecule has 0 bridgehead atoms. The Labute approximate surface area is 158 Å². The fourth-order valence-electron chi connectivity index (χ4n) is 3.44. The van der Waals surface area contributed by atoms with E-state index in [1.165, 1.54) is 8.61 Å². The third-order valence-corrected chi connectivity index (χ3v) is 8.88. The maximum absolute atomic E-state index is 13.0. The summed E-state index contributed by atoms with van der Waals surface area (Å²) in [5.74, 6) is 0.0111. The summed E-state index contributed by atoms with van der Waals surface area (Å²) in [7, 11) is -5.20. The molecule has 0 aromatic heterocycles. The molecule has 154 valence electrons. The molecule has 0 radical (unpaired) electrons. The molecule has 2 saturated heterocycles. The van der Waals surface area contributed by atoms with Crippen LogP contribution in [0.2, 0.25) is 0 Å². The average molecular weight is 412 g/mol. The standard InChI is InChI=1S/C16H33N3O5S2/c1-3-4-7-17(2)26(22,23)19(16-6-14-25(20,21)15-16)9-5-8-18-10-12-24-13-11-18/h16H,3-15H2,1-2H3. The van der Waals surface area contributed by atoms with Crippen LogP contribution in [-0.4, -0.2) is 101 Å². The zero-order valence-corrected chi connectivity index (χ0v) is 17.6. The molecule has 1 atom stereocenters. The minimum atomic E-state index is -3.65. The lowest BCUT2D eigenvalue weighted by Crippen LogP contribution is -2.49. The van der Waals surface area contributed by atoms with Crippen molar-refractivity contribution in [2.24, 2.45) is 0 Å². The lowest BCUT2D eigenvalue weighted by molar-refractivity contribution is 0.0366. The Bertz CT molecular complexity index is 632. The van der Waals surface area contributed by atoms with Gasteiger partial charge in [0.2, 0.25) is 0 Å². The Morgan fingerprint density at radius 2 is 1.85 bits per heavy atom. The van der Waals surface area contributed by atoms with E-state index in [0.717, 1.165) is 32.5 Å². The van der Waals surface area contributed by atoms with Gasteiger partial charge in [-0.15, -0.1) is 0 Å². The van der Waals surface area contributed by atoms with Crippen LogP contribution < -0.4 is 0 Å².